The Morgan fingerprint density at radius 2 is 1.81 bits per heavy atom. The van der Waals surface area contributed by atoms with E-state index < -0.39 is 10.0 Å². The quantitative estimate of drug-likeness (QED) is 0.574. The number of methoxy groups -OCH3 is 1. The molecule has 2 aromatic carbocycles. The average molecular weight is 446 g/mol. The van der Waals surface area contributed by atoms with Crippen molar-refractivity contribution in [3.63, 3.8) is 0 Å². The molecule has 1 saturated carbocycles. The summed E-state index contributed by atoms with van der Waals surface area (Å²) in [5, 5.41) is 2.86. The number of ether oxygens (including phenoxy) is 1. The topological polar surface area (TPSA) is 79.0 Å². The molecule has 168 valence electrons. The molecular formula is C23H31N3O4S. The molecule has 1 aliphatic rings. The van der Waals surface area contributed by atoms with Crippen molar-refractivity contribution in [1.29, 1.82) is 0 Å². The van der Waals surface area contributed by atoms with E-state index in [1.54, 1.807) is 39.2 Å². The summed E-state index contributed by atoms with van der Waals surface area (Å²) in [5.41, 5.74) is 1.52. The Kier molecular flexibility index (Phi) is 7.69. The molecule has 8 heteroatoms. The van der Waals surface area contributed by atoms with Gasteiger partial charge in [0.15, 0.2) is 0 Å². The normalized spacial score (nSPS) is 14.1. The zero-order chi connectivity index (χ0) is 22.4. The lowest BCUT2D eigenvalue weighted by atomic mass is 10.2. The predicted octanol–water partition coefficient (Wildman–Crippen LogP) is 3.33. The molecule has 0 heterocycles. The molecule has 0 atom stereocenters. The van der Waals surface area contributed by atoms with Gasteiger partial charge in [-0.15, -0.1) is 0 Å². The molecule has 2 aromatic rings. The maximum Gasteiger partial charge on any atom is 0.243 e. The third-order valence-electron chi connectivity index (χ3n) is 5.44. The number of nitrogens with one attached hydrogen (secondary N) is 1. The first-order valence-corrected chi connectivity index (χ1v) is 12.1. The second kappa shape index (κ2) is 10.3. The van der Waals surface area contributed by atoms with Gasteiger partial charge in [-0.1, -0.05) is 38.1 Å². The first-order valence-electron chi connectivity index (χ1n) is 10.6. The molecule has 0 radical (unpaired) electrons. The number of carbonyl (C=O) groups excluding carboxylic acids is 1. The lowest BCUT2D eigenvalue weighted by Crippen LogP contribution is -2.34. The summed E-state index contributed by atoms with van der Waals surface area (Å²) in [7, 11) is -1.93. The summed E-state index contributed by atoms with van der Waals surface area (Å²) in [5.74, 6) is 0.641. The number of hydrogen-bond donors (Lipinski definition) is 1. The molecule has 0 unspecified atom stereocenters. The molecule has 1 N–H and O–H groups in total. The van der Waals surface area contributed by atoms with E-state index in [1.807, 2.05) is 24.3 Å². The highest BCUT2D eigenvalue weighted by atomic mass is 32.2. The van der Waals surface area contributed by atoms with E-state index >= 15 is 0 Å². The summed E-state index contributed by atoms with van der Waals surface area (Å²) in [6.07, 6.45) is 2.14. The fourth-order valence-corrected chi connectivity index (χ4v) is 5.14. The van der Waals surface area contributed by atoms with Gasteiger partial charge in [0.05, 0.1) is 18.6 Å². The standard InChI is InChI=1S/C23H31N3O4S/c1-4-26(5-2)31(28,29)21-11-8-10-19(15-21)24-23(27)17-25(20-13-14-20)16-18-9-6-7-12-22(18)30-3/h6-12,15,20H,4-5,13-14,16-17H2,1-3H3,(H,24,27). The molecule has 1 fully saturated rings. The summed E-state index contributed by atoms with van der Waals surface area (Å²) < 4.78 is 32.4. The van der Waals surface area contributed by atoms with Gasteiger partial charge in [0, 0.05) is 36.9 Å². The van der Waals surface area contributed by atoms with Crippen molar-refractivity contribution in [1.82, 2.24) is 9.21 Å². The van der Waals surface area contributed by atoms with Gasteiger partial charge in [0.25, 0.3) is 0 Å². The lowest BCUT2D eigenvalue weighted by molar-refractivity contribution is -0.117. The molecule has 0 bridgehead atoms. The SMILES string of the molecule is CCN(CC)S(=O)(=O)c1cccc(NC(=O)CN(Cc2ccccc2OC)C2CC2)c1. The minimum atomic E-state index is -3.58. The first-order chi connectivity index (χ1) is 14.9. The largest absolute Gasteiger partial charge is 0.496 e. The Morgan fingerprint density at radius 3 is 2.45 bits per heavy atom. The zero-order valence-corrected chi connectivity index (χ0v) is 19.2. The third kappa shape index (κ3) is 5.84. The van der Waals surface area contributed by atoms with Gasteiger partial charge >= 0.3 is 0 Å². The Bertz CT molecular complexity index is 1000. The maximum absolute atomic E-state index is 12.8. The van der Waals surface area contributed by atoms with Crippen molar-refractivity contribution in [3.05, 3.63) is 54.1 Å². The number of nitrogens with zero attached hydrogens (tertiary/aromatic N) is 2. The third-order valence-corrected chi connectivity index (χ3v) is 7.48. The van der Waals surface area contributed by atoms with Crippen LogP contribution in [0.2, 0.25) is 0 Å². The molecule has 0 saturated heterocycles. The smallest absolute Gasteiger partial charge is 0.243 e. The van der Waals surface area contributed by atoms with Crippen molar-refractivity contribution in [2.45, 2.75) is 44.2 Å². The highest BCUT2D eigenvalue weighted by molar-refractivity contribution is 7.89. The van der Waals surface area contributed by atoms with Crippen LogP contribution in [0.25, 0.3) is 0 Å². The summed E-state index contributed by atoms with van der Waals surface area (Å²) >= 11 is 0. The van der Waals surface area contributed by atoms with Crippen LogP contribution < -0.4 is 10.1 Å². The number of sulfonamides is 1. The van der Waals surface area contributed by atoms with Gasteiger partial charge in [-0.25, -0.2) is 8.42 Å². The molecule has 3 rings (SSSR count). The molecule has 1 aliphatic carbocycles. The fraction of sp³-hybridized carbons (Fsp3) is 0.435. The number of para-hydroxylation sites is 1. The van der Waals surface area contributed by atoms with Crippen LogP contribution in [0.3, 0.4) is 0 Å². The number of carbonyl (C=O) groups is 1. The van der Waals surface area contributed by atoms with Crippen LogP contribution in [0.5, 0.6) is 5.75 Å². The Balaban J connectivity index is 1.69. The molecule has 0 spiro atoms. The van der Waals surface area contributed by atoms with E-state index in [2.05, 4.69) is 10.2 Å². The zero-order valence-electron chi connectivity index (χ0n) is 18.4. The Labute approximate surface area is 185 Å². The summed E-state index contributed by atoms with van der Waals surface area (Å²) in [6.45, 7) is 5.26. The van der Waals surface area contributed by atoms with Gasteiger partial charge < -0.3 is 10.1 Å². The van der Waals surface area contributed by atoms with Crippen LogP contribution >= 0.6 is 0 Å². The van der Waals surface area contributed by atoms with Crippen LogP contribution in [0.15, 0.2) is 53.4 Å². The second-order valence-corrected chi connectivity index (χ2v) is 9.55. The Hall–Kier alpha value is -2.42. The summed E-state index contributed by atoms with van der Waals surface area (Å²) in [4.78, 5) is 15.1. The predicted molar refractivity (Wildman–Crippen MR) is 122 cm³/mol. The highest BCUT2D eigenvalue weighted by Gasteiger charge is 2.31. The van der Waals surface area contributed by atoms with Crippen molar-refractivity contribution < 1.29 is 17.9 Å². The fourth-order valence-electron chi connectivity index (χ4n) is 3.64. The van der Waals surface area contributed by atoms with Crippen molar-refractivity contribution in [2.75, 3.05) is 32.1 Å². The van der Waals surface area contributed by atoms with E-state index in [0.29, 0.717) is 31.4 Å². The van der Waals surface area contributed by atoms with E-state index in [9.17, 15) is 13.2 Å². The summed E-state index contributed by atoms with van der Waals surface area (Å²) in [6, 6.07) is 14.6. The number of rotatable bonds is 11. The molecule has 31 heavy (non-hydrogen) atoms. The van der Waals surface area contributed by atoms with Gasteiger partial charge in [0.1, 0.15) is 5.75 Å². The molecule has 0 aliphatic heterocycles. The number of anilines is 1. The first kappa shape index (κ1) is 23.2. The van der Waals surface area contributed by atoms with Gasteiger partial charge in [0.2, 0.25) is 15.9 Å². The average Bonchev–Trinajstić information content (AvgIpc) is 3.60. The van der Waals surface area contributed by atoms with Crippen LogP contribution in [0.4, 0.5) is 5.69 Å². The minimum Gasteiger partial charge on any atom is -0.496 e. The van der Waals surface area contributed by atoms with Crippen molar-refractivity contribution >= 4 is 21.6 Å². The lowest BCUT2D eigenvalue weighted by Gasteiger charge is -2.23. The number of benzene rings is 2. The maximum atomic E-state index is 12.8. The molecule has 0 aromatic heterocycles. The molecule has 1 amide bonds. The van der Waals surface area contributed by atoms with Crippen LogP contribution in [0, 0.1) is 0 Å². The van der Waals surface area contributed by atoms with Gasteiger partial charge in [-0.3, -0.25) is 9.69 Å². The van der Waals surface area contributed by atoms with Crippen LogP contribution in [-0.2, 0) is 21.4 Å². The van der Waals surface area contributed by atoms with Crippen molar-refractivity contribution in [2.24, 2.45) is 0 Å². The number of amides is 1. The van der Waals surface area contributed by atoms with Crippen LogP contribution in [0.1, 0.15) is 32.3 Å². The number of hydrogen-bond acceptors (Lipinski definition) is 5. The Morgan fingerprint density at radius 1 is 1.10 bits per heavy atom. The molecular weight excluding hydrogens is 414 g/mol. The van der Waals surface area contributed by atoms with E-state index in [4.69, 9.17) is 4.74 Å². The van der Waals surface area contributed by atoms with E-state index in [1.165, 1.54) is 10.4 Å². The highest BCUT2D eigenvalue weighted by Crippen LogP contribution is 2.30. The minimum absolute atomic E-state index is 0.167. The van der Waals surface area contributed by atoms with E-state index in [-0.39, 0.29) is 17.3 Å². The van der Waals surface area contributed by atoms with Crippen LogP contribution in [-0.4, -0.2) is 56.3 Å². The van der Waals surface area contributed by atoms with Crippen molar-refractivity contribution in [3.8, 4) is 5.75 Å². The van der Waals surface area contributed by atoms with Gasteiger partial charge in [-0.2, -0.15) is 4.31 Å². The molecule has 7 nitrogen and oxygen atoms in total. The van der Waals surface area contributed by atoms with Gasteiger partial charge in [-0.05, 0) is 37.1 Å². The second-order valence-electron chi connectivity index (χ2n) is 7.61. The monoisotopic (exact) mass is 445 g/mol. The van der Waals surface area contributed by atoms with E-state index in [0.717, 1.165) is 24.2 Å².